The highest BCUT2D eigenvalue weighted by Gasteiger charge is 2.39. The maximum atomic E-state index is 16.1. The summed E-state index contributed by atoms with van der Waals surface area (Å²) in [7, 11) is 0. The van der Waals surface area contributed by atoms with Crippen molar-refractivity contribution in [3.8, 4) is 0 Å². The zero-order valence-electron chi connectivity index (χ0n) is 34.1. The number of allylic oxidation sites excluding steroid dienone is 3. The largest absolute Gasteiger partial charge is 0.358 e. The van der Waals surface area contributed by atoms with Gasteiger partial charge in [-0.25, -0.2) is 79.6 Å². The van der Waals surface area contributed by atoms with Crippen LogP contribution in [0.5, 0.6) is 0 Å². The predicted octanol–water partition coefficient (Wildman–Crippen LogP) is 11.0. The van der Waals surface area contributed by atoms with Gasteiger partial charge in [-0.15, -0.1) is 0 Å². The van der Waals surface area contributed by atoms with Crippen LogP contribution in [-0.4, -0.2) is 27.4 Å². The van der Waals surface area contributed by atoms with Crippen LogP contribution >= 0.6 is 0 Å². The number of H-pyrrole nitrogens is 2. The first-order valence-corrected chi connectivity index (χ1v) is 19.5. The van der Waals surface area contributed by atoms with Gasteiger partial charge in [-0.3, -0.25) is 4.99 Å². The summed E-state index contributed by atoms with van der Waals surface area (Å²) in [5.74, 6) is -38.8. The Morgan fingerprint density at radius 1 is 0.397 bits per heavy atom. The van der Waals surface area contributed by atoms with Crippen molar-refractivity contribution in [3.63, 3.8) is 0 Å². The molecule has 3 aliphatic rings. The molecule has 2 N–H and O–H groups in total. The van der Waals surface area contributed by atoms with Crippen LogP contribution in [0.2, 0.25) is 0 Å². The molecule has 5 heterocycles. The van der Waals surface area contributed by atoms with Crippen LogP contribution in [0.15, 0.2) is 64.3 Å². The third kappa shape index (κ3) is 6.51. The molecule has 0 spiro atoms. The normalized spacial score (nSPS) is 19.4. The van der Waals surface area contributed by atoms with E-state index in [1.165, 1.54) is 0 Å². The van der Waals surface area contributed by atoms with E-state index in [1.807, 2.05) is 0 Å². The van der Waals surface area contributed by atoms with Crippen LogP contribution in [0.4, 0.5) is 74.6 Å². The fourth-order valence-electron chi connectivity index (χ4n) is 8.33. The Morgan fingerprint density at radius 3 is 1.29 bits per heavy atom. The lowest BCUT2D eigenvalue weighted by Gasteiger charge is -2.23. The number of rotatable bonds is 4. The number of benzene rings is 4. The van der Waals surface area contributed by atoms with Gasteiger partial charge in [0.25, 0.3) is 0 Å². The van der Waals surface area contributed by atoms with Crippen molar-refractivity contribution in [1.82, 2.24) is 9.97 Å². The Bertz CT molecular complexity index is 3470. The van der Waals surface area contributed by atoms with E-state index in [2.05, 4.69) is 20.0 Å². The average Bonchev–Trinajstić information content (AvgIpc) is 4.18. The second-order valence-corrected chi connectivity index (χ2v) is 15.5. The molecule has 21 heteroatoms. The molecule has 0 radical (unpaired) electrons. The van der Waals surface area contributed by atoms with Crippen LogP contribution in [0.3, 0.4) is 0 Å². The number of aliphatic imine (C=N–C) groups is 2. The molecule has 68 heavy (non-hydrogen) atoms. The molecule has 0 saturated heterocycles. The minimum Gasteiger partial charge on any atom is -0.358 e. The van der Waals surface area contributed by atoms with Crippen LogP contribution < -0.4 is 10.7 Å². The van der Waals surface area contributed by atoms with Gasteiger partial charge in [0.1, 0.15) is 0 Å². The third-order valence-corrected chi connectivity index (χ3v) is 11.8. The first-order valence-electron chi connectivity index (χ1n) is 19.5. The number of nitrogens with one attached hydrogen (secondary N) is 2. The summed E-state index contributed by atoms with van der Waals surface area (Å²) in [6.45, 7) is 2.02. The van der Waals surface area contributed by atoms with Crippen molar-refractivity contribution in [3.05, 3.63) is 214 Å². The molecule has 2 unspecified atom stereocenters. The van der Waals surface area contributed by atoms with Crippen molar-refractivity contribution in [1.29, 1.82) is 0 Å². The number of aromatic nitrogens is 2. The van der Waals surface area contributed by atoms with E-state index in [9.17, 15) is 13.2 Å². The molecule has 3 aliphatic heterocycles. The lowest BCUT2D eigenvalue weighted by Crippen LogP contribution is -2.24. The summed E-state index contributed by atoms with van der Waals surface area (Å²) in [6.07, 6.45) is 3.33. The van der Waals surface area contributed by atoms with Crippen LogP contribution in [-0.2, 0) is 0 Å². The van der Waals surface area contributed by atoms with Gasteiger partial charge in [-0.2, -0.15) is 0 Å². The smallest absolute Gasteiger partial charge is 0.200 e. The van der Waals surface area contributed by atoms with Gasteiger partial charge in [0, 0.05) is 61.1 Å². The summed E-state index contributed by atoms with van der Waals surface area (Å²) in [6, 6.07) is 1.46. The summed E-state index contributed by atoms with van der Waals surface area (Å²) >= 11 is 0. The van der Waals surface area contributed by atoms with Crippen molar-refractivity contribution >= 4 is 28.1 Å². The number of aromatic amines is 2. The Hall–Kier alpha value is -7.45. The first kappa shape index (κ1) is 45.7. The molecule has 348 valence electrons. The maximum absolute atomic E-state index is 16.1. The van der Waals surface area contributed by atoms with Gasteiger partial charge in [-0.1, -0.05) is 6.08 Å². The molecule has 2 atom stereocenters. The standard InChI is InChI=1S/C47H21F17N4/c1-12-31(48)37(54)27(38(55)32(12)49)23-15-4-6-17(65-15)24(28-39(56)33(50)13(2)34(51)40(28)57)19-8-10-21(67-19)26(30-43(60)45(62)47(64)46(63)44(30)61)22-11-9-20(68-22)25(18-7-5-16(23)66-18)29-41(58)35(52)14(3)36(53)42(29)59/h4-11,17,24,66-67H,1-3H3/b23-16+,25-18+,26-22+. The maximum Gasteiger partial charge on any atom is 0.200 e. The lowest BCUT2D eigenvalue weighted by molar-refractivity contribution is 0.376. The zero-order chi connectivity index (χ0) is 49.3. The second-order valence-electron chi connectivity index (χ2n) is 15.5. The summed E-state index contributed by atoms with van der Waals surface area (Å²) in [5.41, 5.74) is -16.5. The van der Waals surface area contributed by atoms with E-state index in [4.69, 9.17) is 0 Å². The highest BCUT2D eigenvalue weighted by Crippen LogP contribution is 2.43. The zero-order valence-corrected chi connectivity index (χ0v) is 34.1. The van der Waals surface area contributed by atoms with E-state index in [-0.39, 0.29) is 0 Å². The van der Waals surface area contributed by atoms with E-state index in [0.29, 0.717) is 20.8 Å². The van der Waals surface area contributed by atoms with Crippen molar-refractivity contribution in [2.45, 2.75) is 32.7 Å². The van der Waals surface area contributed by atoms with Crippen molar-refractivity contribution in [2.24, 2.45) is 9.98 Å². The third-order valence-electron chi connectivity index (χ3n) is 11.8. The van der Waals surface area contributed by atoms with Gasteiger partial charge in [0.2, 0.25) is 5.82 Å². The lowest BCUT2D eigenvalue weighted by atomic mass is 9.87. The topological polar surface area (TPSA) is 56.3 Å². The quantitative estimate of drug-likeness (QED) is 0.101. The molecule has 4 nitrogen and oxygen atoms in total. The minimum absolute atomic E-state index is 0.615. The summed E-state index contributed by atoms with van der Waals surface area (Å²) < 4.78 is 265. The first-order chi connectivity index (χ1) is 32.1. The van der Waals surface area contributed by atoms with Gasteiger partial charge in [0.15, 0.2) is 93.1 Å². The molecule has 2 aromatic heterocycles. The minimum atomic E-state index is -2.63. The molecular formula is C47H21F17N4. The Morgan fingerprint density at radius 2 is 0.809 bits per heavy atom. The molecule has 6 aromatic rings. The van der Waals surface area contributed by atoms with E-state index in [0.717, 1.165) is 48.6 Å². The number of nitrogens with zero attached hydrogens (tertiary/aromatic N) is 2. The Kier molecular flexibility index (Phi) is 10.8. The summed E-state index contributed by atoms with van der Waals surface area (Å²) in [5, 5.41) is -1.37. The molecule has 4 aromatic carbocycles. The number of hydrogen-bond donors (Lipinski definition) is 2. The van der Waals surface area contributed by atoms with Gasteiger partial charge in [0.05, 0.1) is 45.8 Å². The van der Waals surface area contributed by atoms with Crippen LogP contribution in [0.25, 0.3) is 16.7 Å². The van der Waals surface area contributed by atoms with E-state index >= 15 is 61.5 Å². The highest BCUT2D eigenvalue weighted by molar-refractivity contribution is 6.31. The number of fused-ring (bicyclic) bond motifs is 6. The molecule has 0 saturated carbocycles. The molecular weight excluding hydrogens is 944 g/mol. The molecule has 0 fully saturated rings. The fourth-order valence-corrected chi connectivity index (χ4v) is 8.33. The summed E-state index contributed by atoms with van der Waals surface area (Å²) in [4.78, 5) is 13.3. The fraction of sp³-hybridized carbons (Fsp3) is 0.106. The van der Waals surface area contributed by atoms with Crippen LogP contribution in [0, 0.1) is 120 Å². The van der Waals surface area contributed by atoms with Crippen molar-refractivity contribution in [2.75, 3.05) is 0 Å². The number of halogens is 17. The van der Waals surface area contributed by atoms with Crippen LogP contribution in [0.1, 0.15) is 56.2 Å². The Balaban J connectivity index is 1.51. The van der Waals surface area contributed by atoms with Gasteiger partial charge >= 0.3 is 0 Å². The molecule has 9 rings (SSSR count). The monoisotopic (exact) mass is 964 g/mol. The average molecular weight is 965 g/mol. The second kappa shape index (κ2) is 16.1. The van der Waals surface area contributed by atoms with Crippen molar-refractivity contribution < 1.29 is 74.6 Å². The molecule has 8 bridgehead atoms. The molecule has 0 amide bonds. The highest BCUT2D eigenvalue weighted by atomic mass is 19.2. The van der Waals surface area contributed by atoms with Gasteiger partial charge in [-0.05, 0) is 63.3 Å². The predicted molar refractivity (Wildman–Crippen MR) is 210 cm³/mol. The Labute approximate surface area is 369 Å². The van der Waals surface area contributed by atoms with E-state index in [1.54, 1.807) is 0 Å². The molecule has 0 aliphatic carbocycles. The van der Waals surface area contributed by atoms with E-state index < -0.39 is 206 Å². The SMILES string of the molecule is Cc1c(F)c(F)c(/C2=c3\cc/c([nH]3)=C(\c3c(F)c(F)c(C)c(F)c3F)C3=NC(C=C3)C(c3c(F)c(F)c(C)c(F)c3F)c3ccc([nH]3)/C(c3c(F)c(F)c(F)c(F)c3F)=C3/C=CC2=N3)c(F)c1F. The number of hydrogen-bond acceptors (Lipinski definition) is 2. The van der Waals surface area contributed by atoms with Gasteiger partial charge < -0.3 is 9.97 Å².